The molecular formula is C16H23NO3. The molecule has 2 atom stereocenters. The van der Waals surface area contributed by atoms with Crippen molar-refractivity contribution >= 4 is 11.7 Å². The molecule has 1 aliphatic rings. The van der Waals surface area contributed by atoms with E-state index in [1.54, 1.807) is 0 Å². The lowest BCUT2D eigenvalue weighted by Crippen LogP contribution is -2.35. The van der Waals surface area contributed by atoms with Crippen molar-refractivity contribution in [1.29, 1.82) is 0 Å². The van der Waals surface area contributed by atoms with Gasteiger partial charge < -0.3 is 15.2 Å². The number of esters is 1. The van der Waals surface area contributed by atoms with E-state index in [0.717, 1.165) is 24.1 Å². The molecule has 0 aliphatic carbocycles. The van der Waals surface area contributed by atoms with E-state index in [9.17, 15) is 4.79 Å². The average molecular weight is 277 g/mol. The van der Waals surface area contributed by atoms with E-state index in [1.807, 2.05) is 38.1 Å². The third kappa shape index (κ3) is 4.53. The van der Waals surface area contributed by atoms with Crippen molar-refractivity contribution in [2.75, 3.05) is 5.73 Å². The number of rotatable bonds is 4. The molecule has 0 bridgehead atoms. The van der Waals surface area contributed by atoms with Gasteiger partial charge in [0.25, 0.3) is 0 Å². The number of carbonyl (C=O) groups excluding carboxylic acids is 1. The zero-order chi connectivity index (χ0) is 14.5. The summed E-state index contributed by atoms with van der Waals surface area (Å²) in [6.07, 6.45) is 2.93. The second kappa shape index (κ2) is 6.75. The minimum Gasteiger partial charge on any atom is -0.462 e. The molecule has 110 valence electrons. The number of nitrogen functional groups attached to an aromatic ring is 1. The van der Waals surface area contributed by atoms with E-state index < -0.39 is 0 Å². The largest absolute Gasteiger partial charge is 0.462 e. The predicted octanol–water partition coefficient (Wildman–Crippen LogP) is 2.70. The summed E-state index contributed by atoms with van der Waals surface area (Å²) >= 11 is 0. The minimum absolute atomic E-state index is 0.0120. The second-order valence-electron chi connectivity index (χ2n) is 5.59. The van der Waals surface area contributed by atoms with Crippen LogP contribution < -0.4 is 5.73 Å². The Morgan fingerprint density at radius 1 is 1.35 bits per heavy atom. The van der Waals surface area contributed by atoms with Gasteiger partial charge in [-0.3, -0.25) is 4.79 Å². The van der Waals surface area contributed by atoms with Crippen LogP contribution in [0.25, 0.3) is 0 Å². The first-order chi connectivity index (χ1) is 9.52. The molecule has 4 nitrogen and oxygen atoms in total. The Labute approximate surface area is 120 Å². The highest BCUT2D eigenvalue weighted by Gasteiger charge is 2.26. The van der Waals surface area contributed by atoms with Crippen LogP contribution in [0.2, 0.25) is 0 Å². The Balaban J connectivity index is 1.78. The molecule has 0 radical (unpaired) electrons. The summed E-state index contributed by atoms with van der Waals surface area (Å²) in [5.74, 6) is -0.140. The maximum Gasteiger partial charge on any atom is 0.306 e. The van der Waals surface area contributed by atoms with Gasteiger partial charge in [0.2, 0.25) is 0 Å². The van der Waals surface area contributed by atoms with Gasteiger partial charge in [-0.2, -0.15) is 0 Å². The fourth-order valence-corrected chi connectivity index (χ4v) is 2.68. The third-order valence-electron chi connectivity index (χ3n) is 3.52. The summed E-state index contributed by atoms with van der Waals surface area (Å²) < 4.78 is 11.2. The van der Waals surface area contributed by atoms with Gasteiger partial charge in [-0.25, -0.2) is 0 Å². The lowest BCUT2D eigenvalue weighted by atomic mass is 10.0. The molecule has 1 saturated heterocycles. The quantitative estimate of drug-likeness (QED) is 0.679. The second-order valence-corrected chi connectivity index (χ2v) is 5.59. The van der Waals surface area contributed by atoms with Gasteiger partial charge in [-0.1, -0.05) is 12.1 Å². The molecule has 20 heavy (non-hydrogen) atoms. The van der Waals surface area contributed by atoms with Gasteiger partial charge in [0.05, 0.1) is 12.2 Å². The Bertz CT molecular complexity index is 451. The molecule has 1 aromatic rings. The van der Waals surface area contributed by atoms with E-state index in [2.05, 4.69) is 0 Å². The van der Waals surface area contributed by atoms with Gasteiger partial charge in [0.1, 0.15) is 6.10 Å². The summed E-state index contributed by atoms with van der Waals surface area (Å²) in [4.78, 5) is 11.9. The Hall–Kier alpha value is -1.55. The summed E-state index contributed by atoms with van der Waals surface area (Å²) in [5.41, 5.74) is 7.51. The van der Waals surface area contributed by atoms with Crippen LogP contribution in [0.1, 0.15) is 38.7 Å². The molecule has 2 N–H and O–H groups in total. The first kappa shape index (κ1) is 14.9. The summed E-state index contributed by atoms with van der Waals surface area (Å²) in [5, 5.41) is 0. The van der Waals surface area contributed by atoms with Crippen LogP contribution in [0.15, 0.2) is 24.3 Å². The van der Waals surface area contributed by atoms with Crippen LogP contribution in [-0.2, 0) is 20.7 Å². The lowest BCUT2D eigenvalue weighted by molar-refractivity contribution is -0.159. The molecule has 1 heterocycles. The molecule has 0 aromatic heterocycles. The van der Waals surface area contributed by atoms with Crippen molar-refractivity contribution < 1.29 is 14.3 Å². The van der Waals surface area contributed by atoms with Gasteiger partial charge in [-0.05, 0) is 38.0 Å². The summed E-state index contributed by atoms with van der Waals surface area (Å²) in [6.45, 7) is 4.03. The van der Waals surface area contributed by atoms with Crippen molar-refractivity contribution in [2.45, 2.75) is 57.8 Å². The number of nitrogens with two attached hydrogens (primary N) is 1. The molecule has 2 rings (SSSR count). The number of benzene rings is 1. The number of aryl methyl sites for hydroxylation is 1. The molecule has 0 amide bonds. The molecule has 0 spiro atoms. The van der Waals surface area contributed by atoms with E-state index in [-0.39, 0.29) is 24.3 Å². The maximum absolute atomic E-state index is 11.9. The van der Waals surface area contributed by atoms with Crippen molar-refractivity contribution in [3.8, 4) is 0 Å². The van der Waals surface area contributed by atoms with Gasteiger partial charge in [0, 0.05) is 24.9 Å². The summed E-state index contributed by atoms with van der Waals surface area (Å²) in [7, 11) is 0. The first-order valence-electron chi connectivity index (χ1n) is 7.22. The Morgan fingerprint density at radius 2 is 2.05 bits per heavy atom. The summed E-state index contributed by atoms with van der Waals surface area (Å²) in [6, 6.07) is 7.61. The van der Waals surface area contributed by atoms with E-state index in [1.165, 1.54) is 0 Å². The minimum atomic E-state index is -0.140. The topological polar surface area (TPSA) is 61.5 Å². The van der Waals surface area contributed by atoms with Crippen molar-refractivity contribution in [2.24, 2.45) is 0 Å². The fourth-order valence-electron chi connectivity index (χ4n) is 2.68. The monoisotopic (exact) mass is 277 g/mol. The standard InChI is InChI=1S/C16H23NO3/c1-11-8-15(9-12(2)19-11)20-16(18)7-6-13-4-3-5-14(17)10-13/h3-5,10-12,15H,6-9,17H2,1-2H3. The molecule has 1 aliphatic heterocycles. The first-order valence-corrected chi connectivity index (χ1v) is 7.22. The average Bonchev–Trinajstić information content (AvgIpc) is 2.35. The van der Waals surface area contributed by atoms with Crippen LogP contribution in [0.3, 0.4) is 0 Å². The van der Waals surface area contributed by atoms with Crippen molar-refractivity contribution in [3.05, 3.63) is 29.8 Å². The van der Waals surface area contributed by atoms with Crippen molar-refractivity contribution in [3.63, 3.8) is 0 Å². The molecule has 1 aromatic carbocycles. The molecule has 0 saturated carbocycles. The molecule has 2 unspecified atom stereocenters. The van der Waals surface area contributed by atoms with E-state index >= 15 is 0 Å². The SMILES string of the molecule is CC1CC(OC(=O)CCc2cccc(N)c2)CC(C)O1. The van der Waals surface area contributed by atoms with Crippen LogP contribution in [0.5, 0.6) is 0 Å². The lowest BCUT2D eigenvalue weighted by Gasteiger charge is -2.31. The zero-order valence-electron chi connectivity index (χ0n) is 12.2. The zero-order valence-corrected chi connectivity index (χ0v) is 12.2. The van der Waals surface area contributed by atoms with Gasteiger partial charge >= 0.3 is 5.97 Å². The molecule has 4 heteroatoms. The van der Waals surface area contributed by atoms with Crippen molar-refractivity contribution in [1.82, 2.24) is 0 Å². The third-order valence-corrected chi connectivity index (χ3v) is 3.52. The Kier molecular flexibility index (Phi) is 5.01. The highest BCUT2D eigenvalue weighted by molar-refractivity contribution is 5.70. The molecule has 1 fully saturated rings. The number of carbonyl (C=O) groups is 1. The van der Waals surface area contributed by atoms with Gasteiger partial charge in [-0.15, -0.1) is 0 Å². The number of anilines is 1. The Morgan fingerprint density at radius 3 is 2.70 bits per heavy atom. The number of hydrogen-bond donors (Lipinski definition) is 1. The normalized spacial score (nSPS) is 26.2. The van der Waals surface area contributed by atoms with Crippen LogP contribution in [-0.4, -0.2) is 24.3 Å². The van der Waals surface area contributed by atoms with E-state index in [4.69, 9.17) is 15.2 Å². The van der Waals surface area contributed by atoms with E-state index in [0.29, 0.717) is 12.8 Å². The van der Waals surface area contributed by atoms with Crippen LogP contribution in [0.4, 0.5) is 5.69 Å². The van der Waals surface area contributed by atoms with Gasteiger partial charge in [0.15, 0.2) is 0 Å². The highest BCUT2D eigenvalue weighted by Crippen LogP contribution is 2.22. The van der Waals surface area contributed by atoms with Crippen LogP contribution >= 0.6 is 0 Å². The fraction of sp³-hybridized carbons (Fsp3) is 0.562. The number of hydrogen-bond acceptors (Lipinski definition) is 4. The maximum atomic E-state index is 11.9. The van der Waals surface area contributed by atoms with Crippen LogP contribution in [0, 0.1) is 0 Å². The molecular weight excluding hydrogens is 254 g/mol. The highest BCUT2D eigenvalue weighted by atomic mass is 16.6. The number of ether oxygens (including phenoxy) is 2. The predicted molar refractivity (Wildman–Crippen MR) is 78.3 cm³/mol. The smallest absolute Gasteiger partial charge is 0.306 e.